The van der Waals surface area contributed by atoms with Crippen LogP contribution in [0.25, 0.3) is 11.5 Å². The van der Waals surface area contributed by atoms with Crippen LogP contribution < -0.4 is 4.90 Å². The number of hydrogen-bond acceptors (Lipinski definition) is 6. The minimum atomic E-state index is -4.06. The van der Waals surface area contributed by atoms with Crippen LogP contribution in [-0.2, 0) is 14.6 Å². The molecule has 0 aliphatic carbocycles. The number of hydrogen-bond donors (Lipinski definition) is 0. The summed E-state index contributed by atoms with van der Waals surface area (Å²) in [5.41, 5.74) is 0.441. The van der Waals surface area contributed by atoms with E-state index in [-0.39, 0.29) is 21.7 Å². The van der Waals surface area contributed by atoms with Crippen LogP contribution in [0.1, 0.15) is 0 Å². The van der Waals surface area contributed by atoms with E-state index in [0.29, 0.717) is 31.9 Å². The van der Waals surface area contributed by atoms with Crippen molar-refractivity contribution < 1.29 is 26.4 Å². The smallest absolute Gasteiger partial charge is 0.236 e. The molecule has 28 heavy (non-hydrogen) atoms. The van der Waals surface area contributed by atoms with Gasteiger partial charge in [-0.1, -0.05) is 0 Å². The number of oxazole rings is 1. The lowest BCUT2D eigenvalue weighted by atomic mass is 10.2. The first-order chi connectivity index (χ1) is 13.4. The number of aromatic nitrogens is 1. The Balaban J connectivity index is 1.84. The molecule has 1 aliphatic rings. The van der Waals surface area contributed by atoms with E-state index in [2.05, 4.69) is 4.98 Å². The highest BCUT2D eigenvalue weighted by Crippen LogP contribution is 2.35. The Morgan fingerprint density at radius 3 is 2.07 bits per heavy atom. The van der Waals surface area contributed by atoms with Gasteiger partial charge in [0.05, 0.1) is 18.1 Å². The summed E-state index contributed by atoms with van der Waals surface area (Å²) in [4.78, 5) is 5.84. The molecule has 0 unspecified atom stereocenters. The maximum Gasteiger partial charge on any atom is 0.236 e. The van der Waals surface area contributed by atoms with Crippen molar-refractivity contribution in [2.45, 2.75) is 9.92 Å². The van der Waals surface area contributed by atoms with E-state index in [1.807, 2.05) is 0 Å². The zero-order chi connectivity index (χ0) is 19.7. The van der Waals surface area contributed by atoms with Gasteiger partial charge in [-0.25, -0.2) is 17.2 Å². The van der Waals surface area contributed by atoms with E-state index >= 15 is 0 Å². The topological polar surface area (TPSA) is 72.6 Å². The third-order valence-electron chi connectivity index (χ3n) is 4.35. The average Bonchev–Trinajstić information content (AvgIpc) is 3.16. The molecule has 1 aliphatic heterocycles. The fraction of sp³-hybridized carbons (Fsp3) is 0.211. The van der Waals surface area contributed by atoms with Crippen molar-refractivity contribution in [2.75, 3.05) is 31.2 Å². The van der Waals surface area contributed by atoms with Crippen molar-refractivity contribution in [3.63, 3.8) is 0 Å². The Morgan fingerprint density at radius 1 is 0.893 bits per heavy atom. The first-order valence-corrected chi connectivity index (χ1v) is 10.0. The van der Waals surface area contributed by atoms with Gasteiger partial charge in [0.25, 0.3) is 0 Å². The molecule has 0 saturated carbocycles. The quantitative estimate of drug-likeness (QED) is 0.619. The number of ether oxygens (including phenoxy) is 1. The second kappa shape index (κ2) is 7.33. The van der Waals surface area contributed by atoms with Gasteiger partial charge in [-0.05, 0) is 48.5 Å². The molecular weight excluding hydrogens is 390 g/mol. The molecule has 6 nitrogen and oxygen atoms in total. The van der Waals surface area contributed by atoms with Crippen LogP contribution in [0.15, 0.2) is 62.9 Å². The minimum absolute atomic E-state index is 0.0576. The summed E-state index contributed by atoms with van der Waals surface area (Å²) in [7, 11) is -4.06. The Hall–Kier alpha value is -2.78. The molecule has 0 atom stereocenters. The van der Waals surface area contributed by atoms with Crippen LogP contribution in [-0.4, -0.2) is 39.7 Å². The molecule has 0 amide bonds. The Kier molecular flexibility index (Phi) is 4.86. The predicted octanol–water partition coefficient (Wildman–Crippen LogP) is 3.29. The summed E-state index contributed by atoms with van der Waals surface area (Å²) in [5.74, 6) is -0.823. The summed E-state index contributed by atoms with van der Waals surface area (Å²) < 4.78 is 63.8. The van der Waals surface area contributed by atoms with Crippen LogP contribution >= 0.6 is 0 Å². The van der Waals surface area contributed by atoms with E-state index in [0.717, 1.165) is 12.1 Å². The third-order valence-corrected chi connectivity index (χ3v) is 6.02. The standard InChI is InChI=1S/C19H16F2N2O4S/c20-14-3-1-13(2-4-14)17-22-18(19(27-17)23-9-11-26-12-10-23)28(24,25)16-7-5-15(21)6-8-16/h1-8H,9-12H2. The molecule has 0 spiro atoms. The molecule has 0 bridgehead atoms. The first kappa shape index (κ1) is 18.6. The predicted molar refractivity (Wildman–Crippen MR) is 96.8 cm³/mol. The van der Waals surface area contributed by atoms with Crippen molar-refractivity contribution >= 4 is 15.7 Å². The molecular formula is C19H16F2N2O4S. The summed E-state index contributed by atoms with van der Waals surface area (Å²) in [6.45, 7) is 1.71. The van der Waals surface area contributed by atoms with E-state index in [4.69, 9.17) is 9.15 Å². The van der Waals surface area contributed by atoms with E-state index < -0.39 is 21.5 Å². The van der Waals surface area contributed by atoms with Gasteiger partial charge in [0.1, 0.15) is 11.6 Å². The maximum atomic E-state index is 13.2. The van der Waals surface area contributed by atoms with Crippen LogP contribution in [0.4, 0.5) is 14.7 Å². The second-order valence-corrected chi connectivity index (χ2v) is 8.06. The minimum Gasteiger partial charge on any atom is -0.419 e. The lowest BCUT2D eigenvalue weighted by Crippen LogP contribution is -2.36. The van der Waals surface area contributed by atoms with E-state index in [1.54, 1.807) is 4.90 Å². The highest BCUT2D eigenvalue weighted by Gasteiger charge is 2.32. The maximum absolute atomic E-state index is 13.2. The van der Waals surface area contributed by atoms with Crippen molar-refractivity contribution in [1.82, 2.24) is 4.98 Å². The third kappa shape index (κ3) is 3.50. The molecule has 146 valence electrons. The summed E-state index contributed by atoms with van der Waals surface area (Å²) in [6.07, 6.45) is 0. The fourth-order valence-electron chi connectivity index (χ4n) is 2.88. The molecule has 2 aromatic carbocycles. The Labute approximate surface area is 160 Å². The number of sulfone groups is 1. The lowest BCUT2D eigenvalue weighted by molar-refractivity contribution is 0.120. The zero-order valence-electron chi connectivity index (χ0n) is 14.6. The normalized spacial score (nSPS) is 15.0. The van der Waals surface area contributed by atoms with Crippen molar-refractivity contribution in [3.8, 4) is 11.5 Å². The van der Waals surface area contributed by atoms with Crippen LogP contribution in [0.3, 0.4) is 0 Å². The van der Waals surface area contributed by atoms with Gasteiger partial charge in [0, 0.05) is 18.7 Å². The van der Waals surface area contributed by atoms with Gasteiger partial charge >= 0.3 is 0 Å². The Morgan fingerprint density at radius 2 is 1.46 bits per heavy atom. The monoisotopic (exact) mass is 406 g/mol. The molecule has 1 saturated heterocycles. The average molecular weight is 406 g/mol. The van der Waals surface area contributed by atoms with Gasteiger partial charge in [-0.2, -0.15) is 4.98 Å². The van der Waals surface area contributed by atoms with Gasteiger partial charge in [0.2, 0.25) is 26.6 Å². The molecule has 0 radical (unpaired) electrons. The molecule has 4 rings (SSSR count). The molecule has 1 fully saturated rings. The van der Waals surface area contributed by atoms with Crippen LogP contribution in [0.2, 0.25) is 0 Å². The van der Waals surface area contributed by atoms with Crippen LogP contribution in [0.5, 0.6) is 0 Å². The SMILES string of the molecule is O=S(=O)(c1ccc(F)cc1)c1nc(-c2ccc(F)cc2)oc1N1CCOCC1. The number of nitrogens with zero attached hydrogens (tertiary/aromatic N) is 2. The zero-order valence-corrected chi connectivity index (χ0v) is 15.5. The van der Waals surface area contributed by atoms with Gasteiger partial charge in [0.15, 0.2) is 0 Å². The van der Waals surface area contributed by atoms with E-state index in [9.17, 15) is 17.2 Å². The number of morpholine rings is 1. The molecule has 3 aromatic rings. The van der Waals surface area contributed by atoms with Crippen molar-refractivity contribution in [2.24, 2.45) is 0 Å². The van der Waals surface area contributed by atoms with Crippen molar-refractivity contribution in [1.29, 1.82) is 0 Å². The second-order valence-electron chi connectivity index (χ2n) is 6.19. The highest BCUT2D eigenvalue weighted by atomic mass is 32.2. The summed E-state index contributed by atoms with van der Waals surface area (Å²) in [6, 6.07) is 9.89. The number of rotatable bonds is 4. The molecule has 1 aromatic heterocycles. The van der Waals surface area contributed by atoms with Gasteiger partial charge < -0.3 is 14.1 Å². The lowest BCUT2D eigenvalue weighted by Gasteiger charge is -2.26. The molecule has 0 N–H and O–H groups in total. The number of halogens is 2. The van der Waals surface area contributed by atoms with Gasteiger partial charge in [-0.3, -0.25) is 0 Å². The summed E-state index contributed by atoms with van der Waals surface area (Å²) >= 11 is 0. The number of benzene rings is 2. The first-order valence-electron chi connectivity index (χ1n) is 8.55. The highest BCUT2D eigenvalue weighted by molar-refractivity contribution is 7.91. The van der Waals surface area contributed by atoms with Gasteiger partial charge in [-0.15, -0.1) is 0 Å². The fourth-order valence-corrected chi connectivity index (χ4v) is 4.20. The molecule has 2 heterocycles. The van der Waals surface area contributed by atoms with E-state index in [1.165, 1.54) is 36.4 Å². The largest absolute Gasteiger partial charge is 0.419 e. The molecule has 9 heteroatoms. The van der Waals surface area contributed by atoms with Crippen LogP contribution in [0, 0.1) is 11.6 Å². The Bertz CT molecular complexity index is 1070. The number of anilines is 1. The summed E-state index contributed by atoms with van der Waals surface area (Å²) in [5, 5.41) is -0.264. The van der Waals surface area contributed by atoms with Crippen molar-refractivity contribution in [3.05, 3.63) is 60.2 Å².